The first-order valence-electron chi connectivity index (χ1n) is 5.24. The molecule has 0 aliphatic rings. The van der Waals surface area contributed by atoms with E-state index < -0.39 is 0 Å². The first kappa shape index (κ1) is 9.61. The molecular formula is C14H8N2O. The summed E-state index contributed by atoms with van der Waals surface area (Å²) in [5.74, 6) is 0. The number of hydrogen-bond donors (Lipinski definition) is 1. The molecule has 0 unspecified atom stereocenters. The summed E-state index contributed by atoms with van der Waals surface area (Å²) in [5.41, 5.74) is 0.567. The molecule has 0 radical (unpaired) electrons. The van der Waals surface area contributed by atoms with Crippen molar-refractivity contribution >= 4 is 21.7 Å². The number of hydrogen-bond acceptors (Lipinski definition) is 2. The molecule has 0 aliphatic heterocycles. The SMILES string of the molecule is N#Cc1cc2c(ccc3ccccc32)[nH]c1=O. The molecule has 2 aromatic carbocycles. The van der Waals surface area contributed by atoms with Crippen molar-refractivity contribution in [2.45, 2.75) is 0 Å². The third-order valence-electron chi connectivity index (χ3n) is 2.87. The number of nitrogens with one attached hydrogen (secondary N) is 1. The predicted octanol–water partition coefficient (Wildman–Crippen LogP) is 2.55. The van der Waals surface area contributed by atoms with Gasteiger partial charge in [0.2, 0.25) is 0 Å². The Morgan fingerprint density at radius 2 is 1.88 bits per heavy atom. The van der Waals surface area contributed by atoms with Gasteiger partial charge in [-0.05, 0) is 22.9 Å². The normalized spacial score (nSPS) is 10.5. The Morgan fingerprint density at radius 3 is 2.71 bits per heavy atom. The van der Waals surface area contributed by atoms with Gasteiger partial charge < -0.3 is 4.98 Å². The van der Waals surface area contributed by atoms with Gasteiger partial charge in [0, 0.05) is 10.9 Å². The van der Waals surface area contributed by atoms with Gasteiger partial charge in [0.25, 0.3) is 5.56 Å². The van der Waals surface area contributed by atoms with Crippen LogP contribution < -0.4 is 5.56 Å². The van der Waals surface area contributed by atoms with Crippen LogP contribution in [0, 0.1) is 11.3 Å². The zero-order chi connectivity index (χ0) is 11.8. The number of H-pyrrole nitrogens is 1. The summed E-state index contributed by atoms with van der Waals surface area (Å²) in [5, 5.41) is 11.9. The van der Waals surface area contributed by atoms with Crippen LogP contribution in [0.25, 0.3) is 21.7 Å². The van der Waals surface area contributed by atoms with Crippen molar-refractivity contribution in [2.24, 2.45) is 0 Å². The third kappa shape index (κ3) is 1.39. The van der Waals surface area contributed by atoms with Gasteiger partial charge >= 0.3 is 0 Å². The van der Waals surface area contributed by atoms with Crippen LogP contribution in [-0.4, -0.2) is 4.98 Å². The Hall–Kier alpha value is -2.60. The average molecular weight is 220 g/mol. The lowest BCUT2D eigenvalue weighted by Crippen LogP contribution is -2.09. The molecule has 80 valence electrons. The van der Waals surface area contributed by atoms with Gasteiger partial charge in [-0.1, -0.05) is 30.3 Å². The summed E-state index contributed by atoms with van der Waals surface area (Å²) in [6.45, 7) is 0. The molecule has 3 heteroatoms. The van der Waals surface area contributed by atoms with E-state index in [0.29, 0.717) is 0 Å². The Balaban J connectivity index is 2.58. The quantitative estimate of drug-likeness (QED) is 0.592. The van der Waals surface area contributed by atoms with E-state index in [1.54, 1.807) is 6.07 Å². The first-order chi connectivity index (χ1) is 8.29. The van der Waals surface area contributed by atoms with E-state index in [0.717, 1.165) is 21.7 Å². The molecular weight excluding hydrogens is 212 g/mol. The highest BCUT2D eigenvalue weighted by molar-refractivity contribution is 6.06. The Bertz CT molecular complexity index is 825. The maximum atomic E-state index is 11.5. The van der Waals surface area contributed by atoms with E-state index in [9.17, 15) is 4.79 Å². The average Bonchev–Trinajstić information content (AvgIpc) is 2.37. The highest BCUT2D eigenvalue weighted by atomic mass is 16.1. The van der Waals surface area contributed by atoms with E-state index in [1.807, 2.05) is 42.5 Å². The van der Waals surface area contributed by atoms with Crippen LogP contribution in [0.4, 0.5) is 0 Å². The second-order valence-electron chi connectivity index (χ2n) is 3.87. The summed E-state index contributed by atoms with van der Waals surface area (Å²) >= 11 is 0. The van der Waals surface area contributed by atoms with Crippen molar-refractivity contribution in [2.75, 3.05) is 0 Å². The molecule has 1 N–H and O–H groups in total. The van der Waals surface area contributed by atoms with Crippen LogP contribution in [0.1, 0.15) is 5.56 Å². The van der Waals surface area contributed by atoms with Gasteiger partial charge in [-0.3, -0.25) is 4.79 Å². The summed E-state index contributed by atoms with van der Waals surface area (Å²) in [7, 11) is 0. The first-order valence-corrected chi connectivity index (χ1v) is 5.24. The van der Waals surface area contributed by atoms with Crippen molar-refractivity contribution in [3.8, 4) is 6.07 Å². The molecule has 0 bridgehead atoms. The van der Waals surface area contributed by atoms with Crippen LogP contribution in [-0.2, 0) is 0 Å². The lowest BCUT2D eigenvalue weighted by molar-refractivity contribution is 1.28. The lowest BCUT2D eigenvalue weighted by atomic mass is 10.0. The molecule has 0 saturated carbocycles. The smallest absolute Gasteiger partial charge is 0.266 e. The van der Waals surface area contributed by atoms with Crippen LogP contribution in [0.5, 0.6) is 0 Å². The molecule has 0 fully saturated rings. The van der Waals surface area contributed by atoms with Gasteiger partial charge in [-0.2, -0.15) is 5.26 Å². The minimum absolute atomic E-state index is 0.147. The summed E-state index contributed by atoms with van der Waals surface area (Å²) in [4.78, 5) is 14.2. The van der Waals surface area contributed by atoms with Gasteiger partial charge in [-0.15, -0.1) is 0 Å². The van der Waals surface area contributed by atoms with Crippen LogP contribution in [0.3, 0.4) is 0 Å². The van der Waals surface area contributed by atoms with Crippen molar-refractivity contribution < 1.29 is 0 Å². The van der Waals surface area contributed by atoms with Gasteiger partial charge in [0.1, 0.15) is 11.6 Å². The van der Waals surface area contributed by atoms with Crippen LogP contribution >= 0.6 is 0 Å². The summed E-state index contributed by atoms with van der Waals surface area (Å²) in [6.07, 6.45) is 0. The number of fused-ring (bicyclic) bond motifs is 3. The molecule has 0 saturated heterocycles. The Morgan fingerprint density at radius 1 is 1.06 bits per heavy atom. The maximum absolute atomic E-state index is 11.5. The second kappa shape index (κ2) is 3.46. The second-order valence-corrected chi connectivity index (χ2v) is 3.87. The number of aromatic nitrogens is 1. The van der Waals surface area contributed by atoms with Crippen LogP contribution in [0.15, 0.2) is 47.3 Å². The van der Waals surface area contributed by atoms with Crippen molar-refractivity contribution in [3.05, 3.63) is 58.4 Å². The predicted molar refractivity (Wildman–Crippen MR) is 66.8 cm³/mol. The molecule has 3 aromatic rings. The molecule has 3 rings (SSSR count). The standard InChI is InChI=1S/C14H8N2O/c15-8-10-7-12-11-4-2-1-3-9(11)5-6-13(12)16-14(10)17/h1-7H,(H,16,17). The van der Waals surface area contributed by atoms with E-state index in [1.165, 1.54) is 0 Å². The highest BCUT2D eigenvalue weighted by Gasteiger charge is 2.04. The van der Waals surface area contributed by atoms with Gasteiger partial charge in [0.05, 0.1) is 0 Å². The molecule has 1 heterocycles. The number of rotatable bonds is 0. The largest absolute Gasteiger partial charge is 0.321 e. The highest BCUT2D eigenvalue weighted by Crippen LogP contribution is 2.23. The number of nitriles is 1. The van der Waals surface area contributed by atoms with E-state index >= 15 is 0 Å². The van der Waals surface area contributed by atoms with Crippen molar-refractivity contribution in [1.29, 1.82) is 5.26 Å². The minimum Gasteiger partial charge on any atom is -0.321 e. The molecule has 1 aromatic heterocycles. The Kier molecular flexibility index (Phi) is 1.96. The molecule has 17 heavy (non-hydrogen) atoms. The van der Waals surface area contributed by atoms with Crippen LogP contribution in [0.2, 0.25) is 0 Å². The minimum atomic E-state index is -0.338. The summed E-state index contributed by atoms with van der Waals surface area (Å²) in [6, 6.07) is 15.3. The van der Waals surface area contributed by atoms with Gasteiger partial charge in [-0.25, -0.2) is 0 Å². The number of nitrogens with zero attached hydrogens (tertiary/aromatic N) is 1. The maximum Gasteiger partial charge on any atom is 0.266 e. The van der Waals surface area contributed by atoms with Crippen molar-refractivity contribution in [3.63, 3.8) is 0 Å². The van der Waals surface area contributed by atoms with E-state index in [-0.39, 0.29) is 11.1 Å². The molecule has 0 aliphatic carbocycles. The molecule has 0 spiro atoms. The topological polar surface area (TPSA) is 56.6 Å². The third-order valence-corrected chi connectivity index (χ3v) is 2.87. The fourth-order valence-corrected chi connectivity index (χ4v) is 2.04. The van der Waals surface area contributed by atoms with Gasteiger partial charge in [0.15, 0.2) is 0 Å². The number of pyridine rings is 1. The monoisotopic (exact) mass is 220 g/mol. The fourth-order valence-electron chi connectivity index (χ4n) is 2.04. The molecule has 3 nitrogen and oxygen atoms in total. The Labute approximate surface area is 96.9 Å². The van der Waals surface area contributed by atoms with E-state index in [2.05, 4.69) is 4.98 Å². The zero-order valence-corrected chi connectivity index (χ0v) is 8.90. The summed E-state index contributed by atoms with van der Waals surface area (Å²) < 4.78 is 0. The molecule has 0 amide bonds. The van der Waals surface area contributed by atoms with E-state index in [4.69, 9.17) is 5.26 Å². The zero-order valence-electron chi connectivity index (χ0n) is 8.90. The number of aromatic amines is 1. The fraction of sp³-hybridized carbons (Fsp3) is 0. The van der Waals surface area contributed by atoms with Crippen molar-refractivity contribution in [1.82, 2.24) is 4.98 Å². The molecule has 0 atom stereocenters. The number of benzene rings is 2. The lowest BCUT2D eigenvalue weighted by Gasteiger charge is -2.03.